The molecule has 3 heterocycles. The topological polar surface area (TPSA) is 31.0 Å². The zero-order valence-corrected chi connectivity index (χ0v) is 24.9. The van der Waals surface area contributed by atoms with Gasteiger partial charge in [0.2, 0.25) is 5.89 Å². The minimum absolute atomic E-state index is 0.628. The number of para-hydroxylation sites is 1. The fraction of sp³-hybridized carbons (Fsp3) is 0. The molecule has 45 heavy (non-hydrogen) atoms. The Morgan fingerprint density at radius 3 is 2.18 bits per heavy atom. The minimum Gasteiger partial charge on any atom is -0.435 e. The molecule has 0 aliphatic heterocycles. The predicted octanol–water partition coefficient (Wildman–Crippen LogP) is 11.8. The average molecular weight is 593 g/mol. The van der Waals surface area contributed by atoms with Gasteiger partial charge in [0.05, 0.1) is 11.0 Å². The van der Waals surface area contributed by atoms with Crippen molar-refractivity contribution in [3.8, 4) is 28.3 Å². The molecule has 0 N–H and O–H groups in total. The summed E-state index contributed by atoms with van der Waals surface area (Å²) in [5.74, 6) is 0.628. The Hall–Kier alpha value is -5.71. The minimum atomic E-state index is 0.628. The van der Waals surface area contributed by atoms with Gasteiger partial charge >= 0.3 is 0 Å². The van der Waals surface area contributed by atoms with E-state index in [1.54, 1.807) is 0 Å². The average Bonchev–Trinajstić information content (AvgIpc) is 3.80. The molecule has 0 aliphatic carbocycles. The Morgan fingerprint density at radius 2 is 1.31 bits per heavy atom. The van der Waals surface area contributed by atoms with Crippen molar-refractivity contribution < 1.29 is 4.42 Å². The van der Waals surface area contributed by atoms with E-state index in [9.17, 15) is 0 Å². The number of thiophene rings is 1. The van der Waals surface area contributed by atoms with Gasteiger partial charge in [-0.3, -0.25) is 0 Å². The monoisotopic (exact) mass is 592 g/mol. The van der Waals surface area contributed by atoms with Crippen LogP contribution >= 0.6 is 11.3 Å². The summed E-state index contributed by atoms with van der Waals surface area (Å²) in [5.41, 5.74) is 8.50. The predicted molar refractivity (Wildman–Crippen MR) is 190 cm³/mol. The molecular weight excluding hydrogens is 569 g/mol. The summed E-state index contributed by atoms with van der Waals surface area (Å²) in [6, 6.07) is 51.7. The number of nitrogens with zero attached hydrogens (tertiary/aromatic N) is 2. The van der Waals surface area contributed by atoms with Gasteiger partial charge in [-0.05, 0) is 47.3 Å². The summed E-state index contributed by atoms with van der Waals surface area (Å²) in [5, 5.41) is 7.24. The second-order valence-electron chi connectivity index (χ2n) is 11.5. The number of hydrogen-bond donors (Lipinski definition) is 0. The Balaban J connectivity index is 1.27. The van der Waals surface area contributed by atoms with Crippen LogP contribution in [-0.4, -0.2) is 9.55 Å². The molecule has 0 saturated carbocycles. The smallest absolute Gasteiger partial charge is 0.227 e. The van der Waals surface area contributed by atoms with E-state index in [-0.39, 0.29) is 0 Å². The largest absolute Gasteiger partial charge is 0.435 e. The molecular formula is C41H24N2OS. The molecule has 210 valence electrons. The van der Waals surface area contributed by atoms with E-state index >= 15 is 0 Å². The molecule has 0 amide bonds. The molecule has 3 nitrogen and oxygen atoms in total. The highest BCUT2D eigenvalue weighted by Crippen LogP contribution is 2.45. The van der Waals surface area contributed by atoms with Crippen molar-refractivity contribution in [3.63, 3.8) is 0 Å². The van der Waals surface area contributed by atoms with Crippen molar-refractivity contribution in [2.75, 3.05) is 0 Å². The zero-order chi connectivity index (χ0) is 29.5. The molecule has 10 aromatic rings. The van der Waals surface area contributed by atoms with Crippen LogP contribution < -0.4 is 0 Å². The summed E-state index contributed by atoms with van der Waals surface area (Å²) in [4.78, 5) is 5.15. The van der Waals surface area contributed by atoms with E-state index in [1.807, 2.05) is 11.3 Å². The third-order valence-electron chi connectivity index (χ3n) is 9.00. The number of oxazole rings is 1. The Morgan fingerprint density at radius 1 is 0.578 bits per heavy atom. The molecule has 7 aromatic carbocycles. The van der Waals surface area contributed by atoms with Crippen molar-refractivity contribution in [3.05, 3.63) is 146 Å². The van der Waals surface area contributed by atoms with Crippen LogP contribution in [0.25, 0.3) is 92.1 Å². The Bertz CT molecular complexity index is 2750. The van der Waals surface area contributed by atoms with E-state index in [4.69, 9.17) is 9.40 Å². The number of hydrogen-bond acceptors (Lipinski definition) is 3. The molecule has 10 rings (SSSR count). The lowest BCUT2D eigenvalue weighted by atomic mass is 10.0. The molecule has 0 aliphatic rings. The van der Waals surface area contributed by atoms with Crippen LogP contribution in [0.5, 0.6) is 0 Å². The quantitative estimate of drug-likeness (QED) is 0.204. The fourth-order valence-electron chi connectivity index (χ4n) is 6.98. The second kappa shape index (κ2) is 9.39. The summed E-state index contributed by atoms with van der Waals surface area (Å²) >= 11 is 1.82. The van der Waals surface area contributed by atoms with E-state index in [0.717, 1.165) is 33.3 Å². The van der Waals surface area contributed by atoms with Crippen molar-refractivity contribution >= 4 is 75.2 Å². The summed E-state index contributed by atoms with van der Waals surface area (Å²) in [7, 11) is 0. The molecule has 0 spiro atoms. The first kappa shape index (κ1) is 24.7. The van der Waals surface area contributed by atoms with Gasteiger partial charge in [0.25, 0.3) is 0 Å². The van der Waals surface area contributed by atoms with E-state index in [2.05, 4.69) is 150 Å². The van der Waals surface area contributed by atoms with E-state index in [0.29, 0.717) is 5.89 Å². The zero-order valence-electron chi connectivity index (χ0n) is 24.1. The van der Waals surface area contributed by atoms with Crippen LogP contribution in [0, 0.1) is 0 Å². The molecule has 0 fully saturated rings. The van der Waals surface area contributed by atoms with E-state index in [1.165, 1.54) is 53.0 Å². The maximum atomic E-state index is 6.75. The normalized spacial score (nSPS) is 12.0. The molecule has 3 aromatic heterocycles. The Kier molecular flexibility index (Phi) is 5.16. The molecule has 0 unspecified atom stereocenters. The van der Waals surface area contributed by atoms with Crippen LogP contribution in [-0.2, 0) is 0 Å². The van der Waals surface area contributed by atoms with Crippen LogP contribution in [0.1, 0.15) is 0 Å². The van der Waals surface area contributed by atoms with Crippen molar-refractivity contribution in [2.45, 2.75) is 0 Å². The number of benzene rings is 7. The first-order chi connectivity index (χ1) is 22.3. The van der Waals surface area contributed by atoms with Gasteiger partial charge < -0.3 is 8.98 Å². The standard InChI is InChI=1S/C41H24N2OS/c1-3-11-25(12-4-1)33-24-34-39(37-32-17-9-10-18-36(32)45-40(33)37)44-41(42-34)27-20-21-30-31-22-19-26-13-7-8-16-29(26)38(31)43(35(30)23-27)28-14-5-2-6-15-28/h1-24H. The van der Waals surface area contributed by atoms with Crippen LogP contribution in [0.3, 0.4) is 0 Å². The number of fused-ring (bicyclic) bond motifs is 10. The summed E-state index contributed by atoms with van der Waals surface area (Å²) in [6.07, 6.45) is 0. The molecule has 0 radical (unpaired) electrons. The molecule has 0 bridgehead atoms. The third kappa shape index (κ3) is 3.60. The van der Waals surface area contributed by atoms with Gasteiger partial charge in [0.1, 0.15) is 5.52 Å². The highest BCUT2D eigenvalue weighted by Gasteiger charge is 2.21. The molecule has 0 atom stereocenters. The molecule has 0 saturated heterocycles. The fourth-order valence-corrected chi connectivity index (χ4v) is 8.22. The maximum absolute atomic E-state index is 6.75. The van der Waals surface area contributed by atoms with Crippen LogP contribution in [0.2, 0.25) is 0 Å². The number of aromatic nitrogens is 2. The lowest BCUT2D eigenvalue weighted by molar-refractivity contribution is 0.623. The maximum Gasteiger partial charge on any atom is 0.227 e. The van der Waals surface area contributed by atoms with Crippen LogP contribution in [0.15, 0.2) is 150 Å². The van der Waals surface area contributed by atoms with Gasteiger partial charge in [0.15, 0.2) is 5.58 Å². The van der Waals surface area contributed by atoms with Gasteiger partial charge in [-0.15, -0.1) is 11.3 Å². The van der Waals surface area contributed by atoms with Gasteiger partial charge in [-0.2, -0.15) is 0 Å². The lowest BCUT2D eigenvalue weighted by Gasteiger charge is -2.10. The Labute approximate surface area is 262 Å². The van der Waals surface area contributed by atoms with Crippen LogP contribution in [0.4, 0.5) is 0 Å². The SMILES string of the molecule is c1ccc(-c2cc3nc(-c4ccc5c6ccc7ccccc7c6n(-c6ccccc6)c5c4)oc3c3c2sc2ccccc23)cc1. The van der Waals surface area contributed by atoms with Gasteiger partial charge in [0, 0.05) is 53.1 Å². The van der Waals surface area contributed by atoms with Crippen molar-refractivity contribution in [1.82, 2.24) is 9.55 Å². The molecule has 4 heteroatoms. The van der Waals surface area contributed by atoms with E-state index < -0.39 is 0 Å². The first-order valence-electron chi connectivity index (χ1n) is 15.1. The lowest BCUT2D eigenvalue weighted by Crippen LogP contribution is -1.94. The highest BCUT2D eigenvalue weighted by atomic mass is 32.1. The van der Waals surface area contributed by atoms with Crippen molar-refractivity contribution in [1.29, 1.82) is 0 Å². The van der Waals surface area contributed by atoms with Gasteiger partial charge in [-0.1, -0.05) is 109 Å². The van der Waals surface area contributed by atoms with Crippen molar-refractivity contribution in [2.24, 2.45) is 0 Å². The third-order valence-corrected chi connectivity index (χ3v) is 10.2. The van der Waals surface area contributed by atoms with Gasteiger partial charge in [-0.25, -0.2) is 4.98 Å². The second-order valence-corrected chi connectivity index (χ2v) is 12.6. The number of rotatable bonds is 3. The highest BCUT2D eigenvalue weighted by molar-refractivity contribution is 7.26. The first-order valence-corrected chi connectivity index (χ1v) is 16.0. The summed E-state index contributed by atoms with van der Waals surface area (Å²) < 4.78 is 11.6. The summed E-state index contributed by atoms with van der Waals surface area (Å²) in [6.45, 7) is 0.